The van der Waals surface area contributed by atoms with Crippen molar-refractivity contribution in [1.29, 1.82) is 0 Å². The summed E-state index contributed by atoms with van der Waals surface area (Å²) in [4.78, 5) is 41.0. The Morgan fingerprint density at radius 1 is 0.875 bits per heavy atom. The lowest BCUT2D eigenvalue weighted by Crippen LogP contribution is -2.08. The Morgan fingerprint density at radius 2 is 1.53 bits per heavy atom. The van der Waals surface area contributed by atoms with Crippen molar-refractivity contribution in [3.05, 3.63) is 57.9 Å². The summed E-state index contributed by atoms with van der Waals surface area (Å²) in [6.45, 7) is 0. The van der Waals surface area contributed by atoms with Crippen LogP contribution in [0, 0.1) is 0 Å². The first-order chi connectivity index (χ1) is 15.4. The fraction of sp³-hybridized carbons (Fsp3) is 0.217. The van der Waals surface area contributed by atoms with Gasteiger partial charge in [-0.05, 0) is 36.4 Å². The van der Waals surface area contributed by atoms with Crippen LogP contribution in [0.1, 0.15) is 43.4 Å². The number of ether oxygens (including phenoxy) is 3. The van der Waals surface area contributed by atoms with Crippen LogP contribution in [-0.4, -0.2) is 49.0 Å². The summed E-state index contributed by atoms with van der Waals surface area (Å²) in [7, 11) is 4.45. The molecule has 0 fully saturated rings. The normalized spacial score (nSPS) is 10.5. The molecule has 0 aliphatic heterocycles. The van der Waals surface area contributed by atoms with E-state index in [0.29, 0.717) is 34.1 Å². The third-order valence-electron chi connectivity index (χ3n) is 4.73. The van der Waals surface area contributed by atoms with E-state index < -0.39 is 5.97 Å². The van der Waals surface area contributed by atoms with Gasteiger partial charge in [-0.15, -0.1) is 11.3 Å². The minimum Gasteiger partial charge on any atom is -0.494 e. The highest BCUT2D eigenvalue weighted by Gasteiger charge is 2.18. The molecule has 0 amide bonds. The molecule has 0 bridgehead atoms. The van der Waals surface area contributed by atoms with Gasteiger partial charge in [-0.25, -0.2) is 9.78 Å². The lowest BCUT2D eigenvalue weighted by molar-refractivity contribution is 0.0701. The lowest BCUT2D eigenvalue weighted by Gasteiger charge is -2.10. The maximum absolute atomic E-state index is 12.7. The number of methoxy groups -OCH3 is 3. The van der Waals surface area contributed by atoms with Crippen molar-refractivity contribution >= 4 is 28.9 Å². The summed E-state index contributed by atoms with van der Waals surface area (Å²) in [6.07, 6.45) is -0.0328. The Labute approximate surface area is 188 Å². The van der Waals surface area contributed by atoms with Crippen molar-refractivity contribution in [2.45, 2.75) is 12.8 Å². The second-order valence-electron chi connectivity index (χ2n) is 6.67. The van der Waals surface area contributed by atoms with Crippen LogP contribution in [0.4, 0.5) is 0 Å². The lowest BCUT2D eigenvalue weighted by atomic mass is 10.0. The number of carbonyl (C=O) groups is 3. The number of carboxylic acids is 1. The quantitative estimate of drug-likeness (QED) is 0.448. The number of hydrogen-bond donors (Lipinski definition) is 1. The van der Waals surface area contributed by atoms with Crippen molar-refractivity contribution in [3.8, 4) is 28.5 Å². The van der Waals surface area contributed by atoms with E-state index in [1.165, 1.54) is 33.5 Å². The second kappa shape index (κ2) is 10.1. The van der Waals surface area contributed by atoms with Gasteiger partial charge in [0.15, 0.2) is 23.1 Å². The Morgan fingerprint density at radius 3 is 2.16 bits per heavy atom. The van der Waals surface area contributed by atoms with E-state index in [4.69, 9.17) is 19.3 Å². The van der Waals surface area contributed by atoms with Crippen molar-refractivity contribution in [2.24, 2.45) is 0 Å². The van der Waals surface area contributed by atoms with E-state index in [0.717, 1.165) is 11.3 Å². The fourth-order valence-electron chi connectivity index (χ4n) is 3.05. The Kier molecular flexibility index (Phi) is 7.21. The van der Waals surface area contributed by atoms with Crippen molar-refractivity contribution in [1.82, 2.24) is 4.98 Å². The Balaban J connectivity index is 1.76. The standard InChI is InChI=1S/C23H21NO7S/c1-29-18-8-4-13(10-20(18)31-3)16(25)6-7-17(26)15-5-9-19(30-2)22(24-15)14-11-21(23(27)28)32-12-14/h4-5,8-12H,6-7H2,1-3H3,(H,27,28). The summed E-state index contributed by atoms with van der Waals surface area (Å²) in [5, 5.41) is 10.8. The van der Waals surface area contributed by atoms with Gasteiger partial charge in [0.25, 0.3) is 0 Å². The van der Waals surface area contributed by atoms with E-state index in [1.807, 2.05) is 0 Å². The number of pyridine rings is 1. The Bertz CT molecular complexity index is 1170. The van der Waals surface area contributed by atoms with Crippen molar-refractivity contribution in [2.75, 3.05) is 21.3 Å². The number of hydrogen-bond acceptors (Lipinski definition) is 8. The number of carbonyl (C=O) groups excluding carboxylic acids is 2. The molecule has 0 spiro atoms. The van der Waals surface area contributed by atoms with Gasteiger partial charge in [0.2, 0.25) is 0 Å². The molecule has 0 aliphatic rings. The van der Waals surface area contributed by atoms with Crippen LogP contribution in [0.5, 0.6) is 17.2 Å². The molecule has 8 nitrogen and oxygen atoms in total. The highest BCUT2D eigenvalue weighted by atomic mass is 32.1. The van der Waals surface area contributed by atoms with Gasteiger partial charge in [0, 0.05) is 29.3 Å². The van der Waals surface area contributed by atoms with E-state index >= 15 is 0 Å². The van der Waals surface area contributed by atoms with Crippen LogP contribution in [0.15, 0.2) is 41.8 Å². The number of aromatic carboxylic acids is 1. The number of benzene rings is 1. The molecule has 0 saturated carbocycles. The third kappa shape index (κ3) is 4.94. The van der Waals surface area contributed by atoms with Gasteiger partial charge in [-0.1, -0.05) is 0 Å². The number of rotatable bonds is 10. The first-order valence-electron chi connectivity index (χ1n) is 9.53. The van der Waals surface area contributed by atoms with Crippen LogP contribution in [-0.2, 0) is 0 Å². The predicted octanol–water partition coefficient (Wildman–Crippen LogP) is 4.38. The third-order valence-corrected chi connectivity index (χ3v) is 5.65. The molecule has 3 rings (SSSR count). The zero-order valence-corrected chi connectivity index (χ0v) is 18.5. The maximum Gasteiger partial charge on any atom is 0.345 e. The maximum atomic E-state index is 12.7. The van der Waals surface area contributed by atoms with E-state index in [-0.39, 0.29) is 35.0 Å². The number of Topliss-reactive ketones (excluding diaryl/α,β-unsaturated/α-hetero) is 2. The van der Waals surface area contributed by atoms with Crippen LogP contribution in [0.3, 0.4) is 0 Å². The molecule has 1 N–H and O–H groups in total. The van der Waals surface area contributed by atoms with E-state index in [9.17, 15) is 14.4 Å². The summed E-state index contributed by atoms with van der Waals surface area (Å²) >= 11 is 1.06. The average molecular weight is 455 g/mol. The first-order valence-corrected chi connectivity index (χ1v) is 10.4. The van der Waals surface area contributed by atoms with Crippen LogP contribution >= 0.6 is 11.3 Å². The minimum absolute atomic E-state index is 0.00102. The topological polar surface area (TPSA) is 112 Å². The number of nitrogens with zero attached hydrogens (tertiary/aromatic N) is 1. The summed E-state index contributed by atoms with van der Waals surface area (Å²) in [5.74, 6) is -0.204. The van der Waals surface area contributed by atoms with Gasteiger partial charge >= 0.3 is 5.97 Å². The van der Waals surface area contributed by atoms with Gasteiger partial charge in [0.05, 0.1) is 21.3 Å². The molecular formula is C23H21NO7S. The molecule has 3 aromatic rings. The van der Waals surface area contributed by atoms with E-state index in [1.54, 1.807) is 29.6 Å². The van der Waals surface area contributed by atoms with Crippen molar-refractivity contribution < 1.29 is 33.7 Å². The largest absolute Gasteiger partial charge is 0.494 e. The SMILES string of the molecule is COc1ccc(C(=O)CCC(=O)c2ccc(OC)c(-c3csc(C(=O)O)c3)n2)cc1OC. The number of aromatic nitrogens is 1. The summed E-state index contributed by atoms with van der Waals surface area (Å²) in [6, 6.07) is 9.43. The Hall–Kier alpha value is -3.72. The van der Waals surface area contributed by atoms with Gasteiger partial charge < -0.3 is 19.3 Å². The minimum atomic E-state index is -1.04. The van der Waals surface area contributed by atoms with Crippen LogP contribution < -0.4 is 14.2 Å². The molecule has 1 aromatic carbocycles. The van der Waals surface area contributed by atoms with Gasteiger partial charge in [-0.3, -0.25) is 9.59 Å². The molecule has 0 atom stereocenters. The second-order valence-corrected chi connectivity index (χ2v) is 7.58. The summed E-state index contributed by atoms with van der Waals surface area (Å²) in [5.41, 5.74) is 1.50. The molecule has 32 heavy (non-hydrogen) atoms. The molecule has 2 heterocycles. The number of ketones is 2. The molecule has 9 heteroatoms. The summed E-state index contributed by atoms with van der Waals surface area (Å²) < 4.78 is 15.7. The van der Waals surface area contributed by atoms with Gasteiger partial charge in [0.1, 0.15) is 22.0 Å². The number of thiophene rings is 1. The molecule has 0 aliphatic carbocycles. The fourth-order valence-corrected chi connectivity index (χ4v) is 3.78. The zero-order valence-electron chi connectivity index (χ0n) is 17.7. The first kappa shape index (κ1) is 23.0. The average Bonchev–Trinajstić information content (AvgIpc) is 3.32. The number of carboxylic acid groups (broad SMARTS) is 1. The molecule has 0 radical (unpaired) electrons. The monoisotopic (exact) mass is 455 g/mol. The highest BCUT2D eigenvalue weighted by Crippen LogP contribution is 2.32. The van der Waals surface area contributed by atoms with Crippen LogP contribution in [0.2, 0.25) is 0 Å². The zero-order chi connectivity index (χ0) is 23.3. The van der Waals surface area contributed by atoms with Crippen molar-refractivity contribution in [3.63, 3.8) is 0 Å². The molecular weight excluding hydrogens is 434 g/mol. The molecule has 0 saturated heterocycles. The molecule has 166 valence electrons. The highest BCUT2D eigenvalue weighted by molar-refractivity contribution is 7.12. The predicted molar refractivity (Wildman–Crippen MR) is 119 cm³/mol. The van der Waals surface area contributed by atoms with E-state index in [2.05, 4.69) is 4.98 Å². The van der Waals surface area contributed by atoms with Crippen LogP contribution in [0.25, 0.3) is 11.3 Å². The smallest absolute Gasteiger partial charge is 0.345 e. The molecule has 0 unspecified atom stereocenters. The van der Waals surface area contributed by atoms with Gasteiger partial charge in [-0.2, -0.15) is 0 Å². The molecule has 2 aromatic heterocycles.